The van der Waals surface area contributed by atoms with Gasteiger partial charge in [0.05, 0.1) is 52.9 Å². The van der Waals surface area contributed by atoms with E-state index in [-0.39, 0.29) is 12.2 Å². The zero-order valence-corrected chi connectivity index (χ0v) is 18.1. The largest absolute Gasteiger partial charge is 0.449 e. The SMILES string of the molecule is CCCCOC(=O)N1CCOCCOCCN(C(=O)OCCCC)CCOCC1. The molecule has 9 nitrogen and oxygen atoms in total. The number of rotatable bonds is 6. The van der Waals surface area contributed by atoms with Crippen LogP contribution in [0.5, 0.6) is 0 Å². The Bertz CT molecular complexity index is 399. The van der Waals surface area contributed by atoms with Crippen molar-refractivity contribution in [2.24, 2.45) is 0 Å². The number of hydrogen-bond donors (Lipinski definition) is 0. The normalized spacial score (nSPS) is 17.9. The second-order valence-electron chi connectivity index (χ2n) is 6.75. The molecule has 1 saturated heterocycles. The molecule has 0 aromatic rings. The van der Waals surface area contributed by atoms with E-state index in [4.69, 9.17) is 23.7 Å². The van der Waals surface area contributed by atoms with Gasteiger partial charge >= 0.3 is 12.2 Å². The molecule has 0 atom stereocenters. The zero-order valence-electron chi connectivity index (χ0n) is 18.1. The molecule has 0 aromatic carbocycles. The average Bonchev–Trinajstić information content (AvgIpc) is 2.72. The van der Waals surface area contributed by atoms with Crippen molar-refractivity contribution in [2.45, 2.75) is 39.5 Å². The van der Waals surface area contributed by atoms with Gasteiger partial charge < -0.3 is 33.5 Å². The molecular weight excluding hydrogens is 380 g/mol. The Morgan fingerprint density at radius 1 is 0.655 bits per heavy atom. The first kappa shape index (κ1) is 25.5. The Labute approximate surface area is 174 Å². The Morgan fingerprint density at radius 3 is 1.34 bits per heavy atom. The van der Waals surface area contributed by atoms with Crippen LogP contribution in [0.2, 0.25) is 0 Å². The highest BCUT2D eigenvalue weighted by Crippen LogP contribution is 2.01. The Hall–Kier alpha value is -1.58. The molecule has 1 rings (SSSR count). The highest BCUT2D eigenvalue weighted by molar-refractivity contribution is 5.68. The van der Waals surface area contributed by atoms with Crippen LogP contribution < -0.4 is 0 Å². The highest BCUT2D eigenvalue weighted by atomic mass is 16.6. The zero-order chi connectivity index (χ0) is 21.2. The summed E-state index contributed by atoms with van der Waals surface area (Å²) in [6.07, 6.45) is 2.91. The maximum Gasteiger partial charge on any atom is 0.409 e. The van der Waals surface area contributed by atoms with Crippen LogP contribution in [0.15, 0.2) is 0 Å². The van der Waals surface area contributed by atoms with E-state index in [1.54, 1.807) is 9.80 Å². The first-order chi connectivity index (χ1) is 14.2. The summed E-state index contributed by atoms with van der Waals surface area (Å²) >= 11 is 0. The van der Waals surface area contributed by atoms with Crippen molar-refractivity contribution in [3.8, 4) is 0 Å². The molecule has 0 bridgehead atoms. The van der Waals surface area contributed by atoms with Gasteiger partial charge in [-0.25, -0.2) is 9.59 Å². The van der Waals surface area contributed by atoms with E-state index in [0.29, 0.717) is 79.0 Å². The molecule has 2 amide bonds. The van der Waals surface area contributed by atoms with E-state index >= 15 is 0 Å². The van der Waals surface area contributed by atoms with E-state index in [2.05, 4.69) is 0 Å². The van der Waals surface area contributed by atoms with Crippen molar-refractivity contribution in [3.63, 3.8) is 0 Å². The lowest BCUT2D eigenvalue weighted by atomic mass is 10.4. The molecule has 0 saturated carbocycles. The minimum atomic E-state index is -0.354. The van der Waals surface area contributed by atoms with E-state index in [0.717, 1.165) is 25.7 Å². The molecule has 1 aliphatic heterocycles. The topological polar surface area (TPSA) is 86.8 Å². The molecule has 0 aromatic heterocycles. The van der Waals surface area contributed by atoms with E-state index < -0.39 is 0 Å². The fraction of sp³-hybridized carbons (Fsp3) is 0.900. The fourth-order valence-electron chi connectivity index (χ4n) is 2.50. The molecule has 1 fully saturated rings. The van der Waals surface area contributed by atoms with E-state index in [9.17, 15) is 9.59 Å². The summed E-state index contributed by atoms with van der Waals surface area (Å²) in [5, 5.41) is 0. The number of hydrogen-bond acceptors (Lipinski definition) is 7. The molecule has 170 valence electrons. The van der Waals surface area contributed by atoms with Crippen molar-refractivity contribution in [3.05, 3.63) is 0 Å². The maximum atomic E-state index is 12.2. The first-order valence-corrected chi connectivity index (χ1v) is 10.8. The second kappa shape index (κ2) is 17.3. The van der Waals surface area contributed by atoms with E-state index in [1.807, 2.05) is 13.8 Å². The van der Waals surface area contributed by atoms with Crippen LogP contribution in [-0.2, 0) is 23.7 Å². The summed E-state index contributed by atoms with van der Waals surface area (Å²) in [4.78, 5) is 27.6. The van der Waals surface area contributed by atoms with E-state index in [1.165, 1.54) is 0 Å². The molecule has 0 N–H and O–H groups in total. The lowest BCUT2D eigenvalue weighted by Crippen LogP contribution is -2.39. The van der Waals surface area contributed by atoms with Crippen LogP contribution in [0.4, 0.5) is 9.59 Å². The molecule has 0 radical (unpaired) electrons. The summed E-state index contributed by atoms with van der Waals surface area (Å²) < 4.78 is 27.3. The summed E-state index contributed by atoms with van der Waals surface area (Å²) in [7, 11) is 0. The second-order valence-corrected chi connectivity index (χ2v) is 6.75. The van der Waals surface area contributed by atoms with Crippen LogP contribution in [-0.4, -0.2) is 101 Å². The number of carbonyl (C=O) groups excluding carboxylic acids is 2. The number of carbonyl (C=O) groups is 2. The van der Waals surface area contributed by atoms with Crippen LogP contribution in [0.3, 0.4) is 0 Å². The summed E-state index contributed by atoms with van der Waals surface area (Å²) in [5.74, 6) is 0. The third-order valence-electron chi connectivity index (χ3n) is 4.36. The van der Waals surface area contributed by atoms with Gasteiger partial charge in [0.25, 0.3) is 0 Å². The smallest absolute Gasteiger partial charge is 0.409 e. The van der Waals surface area contributed by atoms with Gasteiger partial charge in [0, 0.05) is 26.2 Å². The van der Waals surface area contributed by atoms with Crippen molar-refractivity contribution in [2.75, 3.05) is 79.0 Å². The van der Waals surface area contributed by atoms with Crippen molar-refractivity contribution < 1.29 is 33.3 Å². The van der Waals surface area contributed by atoms with Gasteiger partial charge in [-0.15, -0.1) is 0 Å². The van der Waals surface area contributed by atoms with Crippen LogP contribution in [0.1, 0.15) is 39.5 Å². The third kappa shape index (κ3) is 12.6. The summed E-state index contributed by atoms with van der Waals surface area (Å²) in [6.45, 7) is 8.99. The molecule has 0 spiro atoms. The predicted molar refractivity (Wildman–Crippen MR) is 108 cm³/mol. The predicted octanol–water partition coefficient (Wildman–Crippen LogP) is 2.53. The average molecular weight is 419 g/mol. The minimum absolute atomic E-state index is 0.354. The number of unbranched alkanes of at least 4 members (excludes halogenated alkanes) is 2. The summed E-state index contributed by atoms with van der Waals surface area (Å²) in [5.41, 5.74) is 0. The lowest BCUT2D eigenvalue weighted by Gasteiger charge is -2.23. The molecule has 0 aliphatic carbocycles. The Balaban J connectivity index is 2.50. The monoisotopic (exact) mass is 418 g/mol. The van der Waals surface area contributed by atoms with Crippen LogP contribution in [0.25, 0.3) is 0 Å². The van der Waals surface area contributed by atoms with Crippen LogP contribution in [0, 0.1) is 0 Å². The molecular formula is C20H38N2O7. The molecule has 1 aliphatic rings. The number of nitrogens with zero attached hydrogens (tertiary/aromatic N) is 2. The molecule has 29 heavy (non-hydrogen) atoms. The molecule has 1 heterocycles. The standard InChI is InChI=1S/C20H38N2O7/c1-3-5-11-28-19(23)21-7-13-25-14-8-22(20(24)29-12-6-4-2)10-16-27-18-17-26-15-9-21/h3-18H2,1-2H3. The maximum absolute atomic E-state index is 12.2. The van der Waals surface area contributed by atoms with Gasteiger partial charge in [0.1, 0.15) is 0 Å². The quantitative estimate of drug-likeness (QED) is 0.613. The van der Waals surface area contributed by atoms with Gasteiger partial charge in [0.2, 0.25) is 0 Å². The van der Waals surface area contributed by atoms with Gasteiger partial charge in [-0.2, -0.15) is 0 Å². The minimum Gasteiger partial charge on any atom is -0.449 e. The van der Waals surface area contributed by atoms with Gasteiger partial charge in [-0.05, 0) is 12.8 Å². The van der Waals surface area contributed by atoms with Crippen molar-refractivity contribution in [1.29, 1.82) is 0 Å². The third-order valence-corrected chi connectivity index (χ3v) is 4.36. The lowest BCUT2D eigenvalue weighted by molar-refractivity contribution is 0.0284. The Morgan fingerprint density at radius 2 is 1.00 bits per heavy atom. The number of ether oxygens (including phenoxy) is 5. The van der Waals surface area contributed by atoms with Crippen molar-refractivity contribution in [1.82, 2.24) is 9.80 Å². The van der Waals surface area contributed by atoms with Gasteiger partial charge in [0.15, 0.2) is 0 Å². The summed E-state index contributed by atoms with van der Waals surface area (Å²) in [6, 6.07) is 0. The van der Waals surface area contributed by atoms with Gasteiger partial charge in [-0.3, -0.25) is 0 Å². The van der Waals surface area contributed by atoms with Crippen molar-refractivity contribution >= 4 is 12.2 Å². The molecule has 9 heteroatoms. The molecule has 0 unspecified atom stereocenters. The number of amides is 2. The Kier molecular flexibility index (Phi) is 15.2. The van der Waals surface area contributed by atoms with Gasteiger partial charge in [-0.1, -0.05) is 26.7 Å². The fourth-order valence-corrected chi connectivity index (χ4v) is 2.50. The highest BCUT2D eigenvalue weighted by Gasteiger charge is 2.17. The van der Waals surface area contributed by atoms with Crippen LogP contribution >= 0.6 is 0 Å². The first-order valence-electron chi connectivity index (χ1n) is 10.8.